The lowest BCUT2D eigenvalue weighted by molar-refractivity contribution is 0.686. The minimum Gasteiger partial charge on any atom is -0.256 e. The first-order chi connectivity index (χ1) is 17.5. The molecule has 1 aromatic heterocycles. The number of aromatic nitrogens is 1. The van der Waals surface area contributed by atoms with Gasteiger partial charge in [0.1, 0.15) is 0 Å². The van der Waals surface area contributed by atoms with Crippen LogP contribution in [0.15, 0.2) is 114 Å². The smallest absolute Gasteiger partial charge is 0.0780 e. The highest BCUT2D eigenvalue weighted by molar-refractivity contribution is 7.84. The van der Waals surface area contributed by atoms with Gasteiger partial charge in [-0.2, -0.15) is 0 Å². The first kappa shape index (κ1) is 24.1. The minimum atomic E-state index is -0.980. The average Bonchev–Trinajstić information content (AvgIpc) is 2.92. The van der Waals surface area contributed by atoms with E-state index >= 15 is 0 Å². The van der Waals surface area contributed by atoms with E-state index in [0.29, 0.717) is 5.92 Å². The summed E-state index contributed by atoms with van der Waals surface area (Å²) in [5.41, 5.74) is 8.54. The summed E-state index contributed by atoms with van der Waals surface area (Å²) in [7, 11) is -0.980. The van der Waals surface area contributed by atoms with Crippen molar-refractivity contribution >= 4 is 21.7 Å². The standard InChI is InChI=1S/C33H31NOS/c1-23(2)29-21-28-13-8-18-34-33(28)32(22-29)27-12-7-9-24(19-27)20-31(25-10-5-4-6-11-25)26-14-16-30(17-15-26)36(3)35/h4-19,21-23,31H,20H2,1-3H3. The van der Waals surface area contributed by atoms with E-state index in [9.17, 15) is 4.21 Å². The van der Waals surface area contributed by atoms with Crippen molar-refractivity contribution in [2.75, 3.05) is 6.26 Å². The summed E-state index contributed by atoms with van der Waals surface area (Å²) >= 11 is 0. The Hall–Kier alpha value is -3.56. The van der Waals surface area contributed by atoms with Crippen molar-refractivity contribution in [1.29, 1.82) is 0 Å². The van der Waals surface area contributed by atoms with Crippen LogP contribution in [0.4, 0.5) is 0 Å². The SMILES string of the molecule is CC(C)c1cc(-c2cccc(CC(c3ccccc3)c3ccc(S(C)=O)cc3)c2)c2ncccc2c1. The molecule has 3 heteroatoms. The molecule has 0 saturated carbocycles. The number of hydrogen-bond donors (Lipinski definition) is 0. The molecule has 0 amide bonds. The first-order valence-corrected chi connectivity index (χ1v) is 14.0. The molecule has 5 aromatic rings. The van der Waals surface area contributed by atoms with E-state index in [1.54, 1.807) is 6.26 Å². The second-order valence-corrected chi connectivity index (χ2v) is 11.1. The molecule has 0 aliphatic carbocycles. The number of benzene rings is 4. The molecule has 0 radical (unpaired) electrons. The van der Waals surface area contributed by atoms with Crippen LogP contribution in [0, 0.1) is 0 Å². The highest BCUT2D eigenvalue weighted by Crippen LogP contribution is 2.34. The number of fused-ring (bicyclic) bond motifs is 1. The van der Waals surface area contributed by atoms with Crippen molar-refractivity contribution < 1.29 is 4.21 Å². The van der Waals surface area contributed by atoms with E-state index in [1.165, 1.54) is 38.8 Å². The Labute approximate surface area is 216 Å². The van der Waals surface area contributed by atoms with Crippen LogP contribution in [0.5, 0.6) is 0 Å². The van der Waals surface area contributed by atoms with Crippen LogP contribution in [0.3, 0.4) is 0 Å². The fourth-order valence-electron chi connectivity index (χ4n) is 4.88. The van der Waals surface area contributed by atoms with Crippen LogP contribution in [0.2, 0.25) is 0 Å². The van der Waals surface area contributed by atoms with E-state index < -0.39 is 10.8 Å². The maximum Gasteiger partial charge on any atom is 0.0780 e. The summed E-state index contributed by atoms with van der Waals surface area (Å²) in [6.07, 6.45) is 4.48. The summed E-state index contributed by atoms with van der Waals surface area (Å²) in [5, 5.41) is 1.18. The quantitative estimate of drug-likeness (QED) is 0.231. The minimum absolute atomic E-state index is 0.206. The van der Waals surface area contributed by atoms with Crippen molar-refractivity contribution in [2.45, 2.75) is 37.0 Å². The number of nitrogens with zero attached hydrogens (tertiary/aromatic N) is 1. The van der Waals surface area contributed by atoms with Gasteiger partial charge in [-0.3, -0.25) is 9.19 Å². The highest BCUT2D eigenvalue weighted by Gasteiger charge is 2.17. The van der Waals surface area contributed by atoms with E-state index in [1.807, 2.05) is 24.4 Å². The third-order valence-electron chi connectivity index (χ3n) is 6.89. The predicted octanol–water partition coefficient (Wildman–Crippen LogP) is 8.14. The topological polar surface area (TPSA) is 30.0 Å². The van der Waals surface area contributed by atoms with Crippen LogP contribution in [0.1, 0.15) is 47.9 Å². The molecule has 5 rings (SSSR count). The number of pyridine rings is 1. The van der Waals surface area contributed by atoms with Gasteiger partial charge in [-0.1, -0.05) is 86.6 Å². The summed E-state index contributed by atoms with van der Waals surface area (Å²) in [6.45, 7) is 4.48. The fraction of sp³-hybridized carbons (Fsp3) is 0.182. The Balaban J connectivity index is 1.56. The van der Waals surface area contributed by atoms with Crippen molar-refractivity contribution in [3.63, 3.8) is 0 Å². The Bertz CT molecular complexity index is 1510. The van der Waals surface area contributed by atoms with Crippen LogP contribution in [-0.2, 0) is 17.2 Å². The van der Waals surface area contributed by atoms with Crippen molar-refractivity contribution in [3.05, 3.63) is 132 Å². The zero-order valence-electron chi connectivity index (χ0n) is 21.0. The number of rotatable bonds is 7. The molecule has 0 aliphatic heterocycles. The van der Waals surface area contributed by atoms with Gasteiger partial charge in [0.25, 0.3) is 0 Å². The molecule has 2 nitrogen and oxygen atoms in total. The molecule has 1 heterocycles. The van der Waals surface area contributed by atoms with Gasteiger partial charge >= 0.3 is 0 Å². The largest absolute Gasteiger partial charge is 0.256 e. The van der Waals surface area contributed by atoms with Crippen molar-refractivity contribution in [1.82, 2.24) is 4.98 Å². The molecule has 36 heavy (non-hydrogen) atoms. The van der Waals surface area contributed by atoms with Gasteiger partial charge in [-0.25, -0.2) is 0 Å². The molecule has 2 atom stereocenters. The summed E-state index contributed by atoms with van der Waals surface area (Å²) in [6, 6.07) is 36.5. The second kappa shape index (κ2) is 10.6. The molecule has 0 spiro atoms. The van der Waals surface area contributed by atoms with Gasteiger partial charge in [-0.05, 0) is 70.5 Å². The molecule has 0 aliphatic rings. The normalized spacial score (nSPS) is 13.1. The van der Waals surface area contributed by atoms with Crippen LogP contribution in [0.25, 0.3) is 22.0 Å². The molecule has 4 aromatic carbocycles. The second-order valence-electron chi connectivity index (χ2n) is 9.69. The lowest BCUT2D eigenvalue weighted by Crippen LogP contribution is -2.06. The van der Waals surface area contributed by atoms with E-state index in [2.05, 4.69) is 98.8 Å². The fourth-order valence-corrected chi connectivity index (χ4v) is 5.40. The molecule has 180 valence electrons. The maximum atomic E-state index is 11.9. The van der Waals surface area contributed by atoms with Gasteiger partial charge in [0.05, 0.1) is 5.52 Å². The third kappa shape index (κ3) is 5.17. The van der Waals surface area contributed by atoms with Gasteiger partial charge in [0.2, 0.25) is 0 Å². The molecule has 2 unspecified atom stereocenters. The van der Waals surface area contributed by atoms with E-state index in [-0.39, 0.29) is 5.92 Å². The highest BCUT2D eigenvalue weighted by atomic mass is 32.2. The third-order valence-corrected chi connectivity index (χ3v) is 7.82. The Kier molecular flexibility index (Phi) is 7.11. The lowest BCUT2D eigenvalue weighted by Gasteiger charge is -2.19. The van der Waals surface area contributed by atoms with Crippen molar-refractivity contribution in [3.8, 4) is 11.1 Å². The molecule has 0 bridgehead atoms. The summed E-state index contributed by atoms with van der Waals surface area (Å²) in [4.78, 5) is 5.60. The van der Waals surface area contributed by atoms with Crippen LogP contribution < -0.4 is 0 Å². The predicted molar refractivity (Wildman–Crippen MR) is 152 cm³/mol. The van der Waals surface area contributed by atoms with E-state index in [4.69, 9.17) is 4.98 Å². The number of hydrogen-bond acceptors (Lipinski definition) is 2. The Morgan fingerprint density at radius 1 is 0.750 bits per heavy atom. The molecule has 0 N–H and O–H groups in total. The summed E-state index contributed by atoms with van der Waals surface area (Å²) in [5.74, 6) is 0.650. The van der Waals surface area contributed by atoms with Gasteiger partial charge in [0.15, 0.2) is 0 Å². The monoisotopic (exact) mass is 489 g/mol. The molecular weight excluding hydrogens is 458 g/mol. The Morgan fingerprint density at radius 3 is 2.22 bits per heavy atom. The zero-order valence-corrected chi connectivity index (χ0v) is 21.8. The van der Waals surface area contributed by atoms with Crippen LogP contribution in [-0.4, -0.2) is 15.4 Å². The van der Waals surface area contributed by atoms with Crippen LogP contribution >= 0.6 is 0 Å². The summed E-state index contributed by atoms with van der Waals surface area (Å²) < 4.78 is 11.9. The zero-order chi connectivity index (χ0) is 25.1. The van der Waals surface area contributed by atoms with E-state index in [0.717, 1.165) is 16.8 Å². The molecule has 0 saturated heterocycles. The Morgan fingerprint density at radius 2 is 1.50 bits per heavy atom. The average molecular weight is 490 g/mol. The molecular formula is C33H31NOS. The molecule has 0 fully saturated rings. The maximum absolute atomic E-state index is 11.9. The first-order valence-electron chi connectivity index (χ1n) is 12.5. The van der Waals surface area contributed by atoms with Gasteiger partial charge in [-0.15, -0.1) is 0 Å². The van der Waals surface area contributed by atoms with Gasteiger partial charge < -0.3 is 0 Å². The van der Waals surface area contributed by atoms with Gasteiger partial charge in [0, 0.05) is 45.0 Å². The van der Waals surface area contributed by atoms with Crippen molar-refractivity contribution in [2.24, 2.45) is 0 Å². The lowest BCUT2D eigenvalue weighted by atomic mass is 9.85.